The number of nitrogens with two attached hydrogens (primary N) is 1. The molecular formula is C32H43N3O4. The average molecular weight is 534 g/mol. The maximum Gasteiger partial charge on any atom is 0.326 e. The van der Waals surface area contributed by atoms with E-state index in [2.05, 4.69) is 12.1 Å². The van der Waals surface area contributed by atoms with E-state index in [-0.39, 0.29) is 30.3 Å². The largest absolute Gasteiger partial charge is 0.459 e. The minimum atomic E-state index is -0.842. The number of esters is 1. The van der Waals surface area contributed by atoms with Crippen LogP contribution in [0.2, 0.25) is 0 Å². The fraction of sp³-hybridized carbons (Fsp3) is 0.531. The van der Waals surface area contributed by atoms with Crippen molar-refractivity contribution in [2.45, 2.75) is 96.2 Å². The van der Waals surface area contributed by atoms with Gasteiger partial charge in [0.05, 0.1) is 0 Å². The van der Waals surface area contributed by atoms with Crippen LogP contribution in [0.4, 0.5) is 10.5 Å². The molecule has 3 unspecified atom stereocenters. The van der Waals surface area contributed by atoms with E-state index in [1.54, 1.807) is 4.90 Å². The van der Waals surface area contributed by atoms with Crippen LogP contribution in [0.5, 0.6) is 0 Å². The number of primary amides is 1. The number of hydrogen-bond donors (Lipinski definition) is 1. The van der Waals surface area contributed by atoms with Crippen LogP contribution in [0, 0.1) is 12.8 Å². The number of benzene rings is 2. The molecule has 3 amide bonds. The summed E-state index contributed by atoms with van der Waals surface area (Å²) < 4.78 is 5.68. The Kier molecular flexibility index (Phi) is 8.98. The summed E-state index contributed by atoms with van der Waals surface area (Å²) in [6.45, 7) is 7.28. The highest BCUT2D eigenvalue weighted by molar-refractivity contribution is 6.00. The minimum Gasteiger partial charge on any atom is -0.459 e. The highest BCUT2D eigenvalue weighted by atomic mass is 16.6. The van der Waals surface area contributed by atoms with Crippen LogP contribution >= 0.6 is 0 Å². The van der Waals surface area contributed by atoms with Gasteiger partial charge in [-0.2, -0.15) is 0 Å². The Hall–Kier alpha value is -3.35. The van der Waals surface area contributed by atoms with Gasteiger partial charge in [-0.1, -0.05) is 61.7 Å². The molecule has 7 nitrogen and oxygen atoms in total. The molecular weight excluding hydrogens is 490 g/mol. The molecule has 0 radical (unpaired) electrons. The number of hydrogen-bond acceptors (Lipinski definition) is 4. The number of rotatable bonds is 6. The van der Waals surface area contributed by atoms with E-state index in [9.17, 15) is 14.4 Å². The first-order valence-electron chi connectivity index (χ1n) is 14.3. The van der Waals surface area contributed by atoms with Crippen LogP contribution in [0.3, 0.4) is 0 Å². The number of carbonyl (C=O) groups excluding carboxylic acids is 3. The first-order valence-corrected chi connectivity index (χ1v) is 14.3. The monoisotopic (exact) mass is 533 g/mol. The van der Waals surface area contributed by atoms with Gasteiger partial charge in [-0.25, -0.2) is 4.79 Å². The van der Waals surface area contributed by atoms with Gasteiger partial charge in [0.25, 0.3) is 0 Å². The molecule has 2 N–H and O–H groups in total. The predicted octanol–water partition coefficient (Wildman–Crippen LogP) is 5.95. The maximum atomic E-state index is 14.5. The predicted molar refractivity (Wildman–Crippen MR) is 153 cm³/mol. The molecule has 210 valence electrons. The van der Waals surface area contributed by atoms with Gasteiger partial charge in [-0.3, -0.25) is 14.5 Å². The lowest BCUT2D eigenvalue weighted by molar-refractivity contribution is -0.160. The second-order valence-corrected chi connectivity index (χ2v) is 12.2. The maximum absolute atomic E-state index is 14.5. The number of ether oxygens (including phenoxy) is 1. The number of likely N-dealkylation sites (tertiary alicyclic amines) is 1. The van der Waals surface area contributed by atoms with Gasteiger partial charge in [0.1, 0.15) is 18.2 Å². The smallest absolute Gasteiger partial charge is 0.326 e. The summed E-state index contributed by atoms with van der Waals surface area (Å²) in [6.07, 6.45) is 6.61. The highest BCUT2D eigenvalue weighted by Crippen LogP contribution is 2.41. The summed E-state index contributed by atoms with van der Waals surface area (Å²) in [4.78, 5) is 43.9. The van der Waals surface area contributed by atoms with Gasteiger partial charge in [0.2, 0.25) is 5.91 Å². The van der Waals surface area contributed by atoms with E-state index in [0.29, 0.717) is 12.1 Å². The fourth-order valence-corrected chi connectivity index (χ4v) is 6.37. The summed E-state index contributed by atoms with van der Waals surface area (Å²) in [7, 11) is 0. The molecule has 2 fully saturated rings. The second-order valence-electron chi connectivity index (χ2n) is 12.2. The number of urea groups is 1. The fourth-order valence-electron chi connectivity index (χ4n) is 6.37. The van der Waals surface area contributed by atoms with Crippen molar-refractivity contribution in [3.05, 3.63) is 65.7 Å². The van der Waals surface area contributed by atoms with E-state index in [1.807, 2.05) is 70.2 Å². The zero-order valence-electron chi connectivity index (χ0n) is 23.8. The molecule has 1 aliphatic carbocycles. The lowest BCUT2D eigenvalue weighted by Crippen LogP contribution is -2.56. The standard InChI is InChI=1S/C32H43N3O4/c1-22-12-11-17-26(18-22)35(31(33)38)28-20-25(23-13-7-5-8-14-23)19-27(24-15-9-6-10-16-24)34(30(28)37)21-29(36)39-32(2,3)4/h5,7-8,11-14,17-18,24-25,27-28H,6,9-10,15-16,19-21H2,1-4H3,(H2,33,38). The molecule has 1 saturated carbocycles. The first kappa shape index (κ1) is 28.7. The number of carbonyl (C=O) groups is 3. The number of aryl methyl sites for hydroxylation is 1. The Bertz CT molecular complexity index is 1150. The third-order valence-corrected chi connectivity index (χ3v) is 8.02. The van der Waals surface area contributed by atoms with Gasteiger partial charge >= 0.3 is 12.0 Å². The lowest BCUT2D eigenvalue weighted by atomic mass is 9.78. The third kappa shape index (κ3) is 7.20. The summed E-state index contributed by atoms with van der Waals surface area (Å²) in [5.41, 5.74) is 7.99. The molecule has 1 heterocycles. The van der Waals surface area contributed by atoms with E-state index < -0.39 is 23.6 Å². The highest BCUT2D eigenvalue weighted by Gasteiger charge is 2.45. The Morgan fingerprint density at radius 2 is 1.69 bits per heavy atom. The Labute approximate surface area is 232 Å². The molecule has 2 aromatic rings. The minimum absolute atomic E-state index is 0.0161. The van der Waals surface area contributed by atoms with Gasteiger partial charge in [-0.15, -0.1) is 0 Å². The number of nitrogens with zero attached hydrogens (tertiary/aromatic N) is 2. The molecule has 0 bridgehead atoms. The number of anilines is 1. The molecule has 2 aliphatic rings. The molecule has 1 saturated heterocycles. The first-order chi connectivity index (χ1) is 18.5. The third-order valence-electron chi connectivity index (χ3n) is 8.02. The quantitative estimate of drug-likeness (QED) is 0.465. The molecule has 1 aliphatic heterocycles. The van der Waals surface area contributed by atoms with Crippen LogP contribution in [-0.2, 0) is 14.3 Å². The number of amides is 3. The molecule has 39 heavy (non-hydrogen) atoms. The molecule has 0 spiro atoms. The second kappa shape index (κ2) is 12.2. The summed E-state index contributed by atoms with van der Waals surface area (Å²) in [6, 6.07) is 16.0. The van der Waals surface area contributed by atoms with Crippen LogP contribution < -0.4 is 10.6 Å². The molecule has 0 aromatic heterocycles. The van der Waals surface area contributed by atoms with Crippen LogP contribution in [0.25, 0.3) is 0 Å². The average Bonchev–Trinajstić information content (AvgIpc) is 3.01. The Morgan fingerprint density at radius 3 is 2.31 bits per heavy atom. The van der Waals surface area contributed by atoms with E-state index in [1.165, 1.54) is 11.3 Å². The van der Waals surface area contributed by atoms with E-state index >= 15 is 0 Å². The molecule has 4 rings (SSSR count). The van der Waals surface area contributed by atoms with Crippen LogP contribution in [0.15, 0.2) is 54.6 Å². The SMILES string of the molecule is Cc1cccc(N(C(N)=O)C2CC(c3ccccc3)CC(C3CCCCC3)N(CC(=O)OC(C)(C)C)C2=O)c1. The van der Waals surface area contributed by atoms with Gasteiger partial charge in [-0.05, 0) is 88.5 Å². The molecule has 2 aromatic carbocycles. The summed E-state index contributed by atoms with van der Waals surface area (Å²) in [5, 5.41) is 0. The zero-order valence-corrected chi connectivity index (χ0v) is 23.8. The van der Waals surface area contributed by atoms with Crippen molar-refractivity contribution in [2.24, 2.45) is 11.7 Å². The Morgan fingerprint density at radius 1 is 1.00 bits per heavy atom. The van der Waals surface area contributed by atoms with Crippen LogP contribution in [-0.4, -0.2) is 47.0 Å². The topological polar surface area (TPSA) is 92.9 Å². The zero-order chi connectivity index (χ0) is 28.2. The van der Waals surface area contributed by atoms with Crippen molar-refractivity contribution in [1.29, 1.82) is 0 Å². The lowest BCUT2D eigenvalue weighted by Gasteiger charge is -2.39. The van der Waals surface area contributed by atoms with E-state index in [4.69, 9.17) is 10.5 Å². The Balaban J connectivity index is 1.80. The summed E-state index contributed by atoms with van der Waals surface area (Å²) >= 11 is 0. The van der Waals surface area contributed by atoms with Gasteiger partial charge in [0, 0.05) is 11.7 Å². The van der Waals surface area contributed by atoms with Gasteiger partial charge < -0.3 is 15.4 Å². The summed E-state index contributed by atoms with van der Waals surface area (Å²) in [5.74, 6) is -0.372. The normalized spacial score (nSPS) is 22.7. The van der Waals surface area contributed by atoms with Crippen molar-refractivity contribution < 1.29 is 19.1 Å². The van der Waals surface area contributed by atoms with Crippen molar-refractivity contribution in [1.82, 2.24) is 4.90 Å². The van der Waals surface area contributed by atoms with E-state index in [0.717, 1.165) is 43.2 Å². The molecule has 7 heteroatoms. The molecule has 3 atom stereocenters. The van der Waals surface area contributed by atoms with Crippen molar-refractivity contribution in [3.8, 4) is 0 Å². The van der Waals surface area contributed by atoms with Gasteiger partial charge in [0.15, 0.2) is 0 Å². The van der Waals surface area contributed by atoms with Crippen molar-refractivity contribution in [3.63, 3.8) is 0 Å². The van der Waals surface area contributed by atoms with Crippen LogP contribution in [0.1, 0.15) is 82.8 Å². The van der Waals surface area contributed by atoms with Crippen molar-refractivity contribution >= 4 is 23.6 Å². The van der Waals surface area contributed by atoms with Crippen molar-refractivity contribution in [2.75, 3.05) is 11.4 Å².